The first-order valence-electron chi connectivity index (χ1n) is 9.78. The molecule has 3 N–H and O–H groups in total. The number of urea groups is 1. The fourth-order valence-corrected chi connectivity index (χ4v) is 4.68. The summed E-state index contributed by atoms with van der Waals surface area (Å²) in [4.78, 5) is 44.3. The van der Waals surface area contributed by atoms with Crippen LogP contribution in [0.2, 0.25) is 0 Å². The van der Waals surface area contributed by atoms with Crippen molar-refractivity contribution in [2.75, 3.05) is 5.32 Å². The summed E-state index contributed by atoms with van der Waals surface area (Å²) in [5.74, 6) is -0.305. The minimum absolute atomic E-state index is 0.129. The zero-order chi connectivity index (χ0) is 21.3. The van der Waals surface area contributed by atoms with E-state index >= 15 is 0 Å². The van der Waals surface area contributed by atoms with Gasteiger partial charge >= 0.3 is 6.03 Å². The molecule has 0 saturated carbocycles. The number of hydrogen-bond acceptors (Lipinski definition) is 5. The molecule has 156 valence electrons. The fourth-order valence-electron chi connectivity index (χ4n) is 3.71. The number of carbonyl (C=O) groups excluding carboxylic acids is 3. The normalized spacial score (nSPS) is 18.6. The van der Waals surface area contributed by atoms with Gasteiger partial charge in [0.15, 0.2) is 0 Å². The van der Waals surface area contributed by atoms with E-state index in [9.17, 15) is 14.4 Å². The summed E-state index contributed by atoms with van der Waals surface area (Å²) in [5.41, 5.74) is 3.69. The molecule has 0 aromatic carbocycles. The number of aromatic nitrogens is 1. The van der Waals surface area contributed by atoms with E-state index in [1.807, 2.05) is 18.4 Å². The predicted octanol–water partition coefficient (Wildman–Crippen LogP) is 2.91. The number of aryl methyl sites for hydroxylation is 1. The van der Waals surface area contributed by atoms with Crippen LogP contribution in [0.4, 0.5) is 10.5 Å². The van der Waals surface area contributed by atoms with Crippen LogP contribution in [-0.4, -0.2) is 33.8 Å². The lowest BCUT2D eigenvalue weighted by molar-refractivity contribution is -0.124. The Morgan fingerprint density at radius 2 is 2.23 bits per heavy atom. The van der Waals surface area contributed by atoms with Crippen LogP contribution in [0.25, 0.3) is 0 Å². The molecule has 4 amide bonds. The number of pyridine rings is 1. The van der Waals surface area contributed by atoms with Gasteiger partial charge in [0.25, 0.3) is 5.91 Å². The molecule has 30 heavy (non-hydrogen) atoms. The van der Waals surface area contributed by atoms with Gasteiger partial charge in [0.1, 0.15) is 6.04 Å². The first-order valence-corrected chi connectivity index (χ1v) is 10.7. The quantitative estimate of drug-likeness (QED) is 0.701. The molecule has 0 spiro atoms. The van der Waals surface area contributed by atoms with Crippen molar-refractivity contribution in [3.63, 3.8) is 0 Å². The van der Waals surface area contributed by atoms with Gasteiger partial charge in [0, 0.05) is 28.2 Å². The third-order valence-corrected chi connectivity index (χ3v) is 6.34. The molecule has 2 aromatic rings. The number of nitrogens with zero attached hydrogens (tertiary/aromatic N) is 2. The zero-order valence-electron chi connectivity index (χ0n) is 16.7. The van der Waals surface area contributed by atoms with Crippen molar-refractivity contribution in [1.82, 2.24) is 20.5 Å². The molecule has 1 atom stereocenters. The van der Waals surface area contributed by atoms with Crippen molar-refractivity contribution in [2.24, 2.45) is 0 Å². The molecule has 0 unspecified atom stereocenters. The van der Waals surface area contributed by atoms with E-state index in [1.165, 1.54) is 11.3 Å². The van der Waals surface area contributed by atoms with Gasteiger partial charge in [-0.2, -0.15) is 0 Å². The number of allylic oxidation sites excluding steroid dienone is 1. The highest BCUT2D eigenvalue weighted by atomic mass is 32.1. The second kappa shape index (κ2) is 8.27. The maximum atomic E-state index is 12.9. The summed E-state index contributed by atoms with van der Waals surface area (Å²) in [6.45, 7) is 6.40. The average molecular weight is 426 g/mol. The fraction of sp³-hybridized carbons (Fsp3) is 0.333. The molecular formula is C21H23N5O3S. The molecule has 1 saturated heterocycles. The highest BCUT2D eigenvalue weighted by Crippen LogP contribution is 2.34. The van der Waals surface area contributed by atoms with Crippen LogP contribution in [0.3, 0.4) is 0 Å². The van der Waals surface area contributed by atoms with Crippen LogP contribution >= 0.6 is 11.3 Å². The Morgan fingerprint density at radius 1 is 1.40 bits per heavy atom. The Hall–Kier alpha value is -3.20. The minimum atomic E-state index is -0.493. The number of rotatable bonds is 4. The van der Waals surface area contributed by atoms with Gasteiger partial charge < -0.3 is 20.9 Å². The first-order chi connectivity index (χ1) is 14.4. The molecular weight excluding hydrogens is 402 g/mol. The van der Waals surface area contributed by atoms with E-state index in [2.05, 4.69) is 27.5 Å². The monoisotopic (exact) mass is 425 g/mol. The zero-order valence-corrected chi connectivity index (χ0v) is 17.5. The van der Waals surface area contributed by atoms with E-state index in [1.54, 1.807) is 17.2 Å². The van der Waals surface area contributed by atoms with Crippen molar-refractivity contribution >= 4 is 34.9 Å². The van der Waals surface area contributed by atoms with Crippen LogP contribution < -0.4 is 16.0 Å². The summed E-state index contributed by atoms with van der Waals surface area (Å²) >= 11 is 1.44. The predicted molar refractivity (Wildman–Crippen MR) is 114 cm³/mol. The second-order valence-electron chi connectivity index (χ2n) is 7.48. The van der Waals surface area contributed by atoms with Crippen LogP contribution in [0.15, 0.2) is 36.0 Å². The van der Waals surface area contributed by atoms with Crippen LogP contribution in [0, 0.1) is 6.92 Å². The SMILES string of the molecule is C=C1CCC[C@H](N2Cc3c(csc3CNC(=O)Nc3ccc(C)nc3)C2=O)C(=O)N1. The highest BCUT2D eigenvalue weighted by Gasteiger charge is 2.38. The smallest absolute Gasteiger partial charge is 0.319 e. The third-order valence-electron chi connectivity index (χ3n) is 5.31. The van der Waals surface area contributed by atoms with Gasteiger partial charge in [-0.15, -0.1) is 11.3 Å². The van der Waals surface area contributed by atoms with Gasteiger partial charge in [0.2, 0.25) is 5.91 Å². The number of hydrogen-bond donors (Lipinski definition) is 3. The Morgan fingerprint density at radius 3 is 3.00 bits per heavy atom. The molecule has 2 aliphatic rings. The maximum Gasteiger partial charge on any atom is 0.319 e. The number of amides is 4. The number of thiophene rings is 1. The van der Waals surface area contributed by atoms with E-state index in [-0.39, 0.29) is 17.8 Å². The molecule has 4 rings (SSSR count). The van der Waals surface area contributed by atoms with Crippen molar-refractivity contribution in [3.05, 3.63) is 57.7 Å². The Balaban J connectivity index is 1.40. The molecule has 9 heteroatoms. The second-order valence-corrected chi connectivity index (χ2v) is 8.45. The topological polar surface area (TPSA) is 103 Å². The molecule has 4 heterocycles. The summed E-state index contributed by atoms with van der Waals surface area (Å²) in [7, 11) is 0. The van der Waals surface area contributed by atoms with E-state index in [0.29, 0.717) is 36.5 Å². The molecule has 2 aromatic heterocycles. The Labute approximate surface area is 178 Å². The molecule has 0 aliphatic carbocycles. The van der Waals surface area contributed by atoms with E-state index < -0.39 is 6.04 Å². The van der Waals surface area contributed by atoms with E-state index in [4.69, 9.17) is 0 Å². The number of anilines is 1. The summed E-state index contributed by atoms with van der Waals surface area (Å²) < 4.78 is 0. The average Bonchev–Trinajstić information content (AvgIpc) is 3.20. The molecule has 0 bridgehead atoms. The van der Waals surface area contributed by atoms with Crippen molar-refractivity contribution in [1.29, 1.82) is 0 Å². The van der Waals surface area contributed by atoms with Crippen LogP contribution in [0.5, 0.6) is 0 Å². The number of carbonyl (C=O) groups is 3. The van der Waals surface area contributed by atoms with Gasteiger partial charge in [-0.25, -0.2) is 4.79 Å². The summed E-state index contributed by atoms with van der Waals surface area (Å²) in [5, 5.41) is 10.2. The van der Waals surface area contributed by atoms with Crippen LogP contribution in [-0.2, 0) is 17.9 Å². The highest BCUT2D eigenvalue weighted by molar-refractivity contribution is 7.10. The largest absolute Gasteiger partial charge is 0.333 e. The molecule has 2 aliphatic heterocycles. The standard InChI is InChI=1S/C21H23N5O3S/c1-12-6-7-14(8-22-12)25-21(29)23-9-18-15-10-26(20(28)16(15)11-30-18)17-5-3-4-13(2)24-19(17)27/h6-8,11,17H,2-5,9-10H2,1H3,(H,24,27)(H2,23,25,29)/t17-/m0/s1. The van der Waals surface area contributed by atoms with Gasteiger partial charge in [-0.3, -0.25) is 14.6 Å². The van der Waals surface area contributed by atoms with Crippen molar-refractivity contribution in [2.45, 2.75) is 45.3 Å². The number of nitrogens with one attached hydrogen (secondary N) is 3. The van der Waals surface area contributed by atoms with Gasteiger partial charge in [-0.05, 0) is 43.9 Å². The minimum Gasteiger partial charge on any atom is -0.333 e. The Kier molecular flexibility index (Phi) is 5.54. The lowest BCUT2D eigenvalue weighted by Crippen LogP contribution is -2.45. The molecule has 1 fully saturated rings. The first kappa shape index (κ1) is 20.1. The lowest BCUT2D eigenvalue weighted by atomic mass is 10.1. The maximum absolute atomic E-state index is 12.9. The van der Waals surface area contributed by atoms with Crippen molar-refractivity contribution in [3.8, 4) is 0 Å². The van der Waals surface area contributed by atoms with Gasteiger partial charge in [0.05, 0.1) is 24.0 Å². The Bertz CT molecular complexity index is 1010. The van der Waals surface area contributed by atoms with E-state index in [0.717, 1.165) is 29.0 Å². The lowest BCUT2D eigenvalue weighted by Gasteiger charge is -2.25. The van der Waals surface area contributed by atoms with Crippen LogP contribution in [0.1, 0.15) is 45.8 Å². The third kappa shape index (κ3) is 4.06. The summed E-state index contributed by atoms with van der Waals surface area (Å²) in [6.07, 6.45) is 3.75. The number of fused-ring (bicyclic) bond motifs is 1. The van der Waals surface area contributed by atoms with Crippen molar-refractivity contribution < 1.29 is 14.4 Å². The summed E-state index contributed by atoms with van der Waals surface area (Å²) in [6, 6.07) is 2.77. The molecule has 0 radical (unpaired) electrons. The molecule has 8 nitrogen and oxygen atoms in total. The van der Waals surface area contributed by atoms with Gasteiger partial charge in [-0.1, -0.05) is 6.58 Å².